The molecule has 0 atom stereocenters. The lowest BCUT2D eigenvalue weighted by Gasteiger charge is -2.13. The Kier molecular flexibility index (Phi) is 5.58. The maximum Gasteiger partial charge on any atom is 0.261 e. The van der Waals surface area contributed by atoms with E-state index in [4.69, 9.17) is 16.1 Å². The molecule has 1 aliphatic rings. The molecule has 3 amide bonds. The molecule has 0 spiro atoms. The Balaban J connectivity index is 1.25. The highest BCUT2D eigenvalue weighted by Crippen LogP contribution is 2.25. The van der Waals surface area contributed by atoms with E-state index in [0.717, 1.165) is 0 Å². The molecule has 0 unspecified atom stereocenters. The minimum Gasteiger partial charge on any atom is -0.347 e. The normalized spacial score (nSPS) is 12.9. The molecule has 4 rings (SSSR count). The molecule has 0 radical (unpaired) electrons. The third-order valence-electron chi connectivity index (χ3n) is 4.68. The summed E-state index contributed by atoms with van der Waals surface area (Å²) in [6.07, 6.45) is 0.505. The smallest absolute Gasteiger partial charge is 0.261 e. The summed E-state index contributed by atoms with van der Waals surface area (Å²) in [7, 11) is 0. The van der Waals surface area contributed by atoms with Crippen LogP contribution in [0.25, 0.3) is 11.4 Å². The standard InChI is InChI=1S/C21H17ClN4O4/c22-16-9-4-3-8-15(16)19-24-18(30-25-19)12-23-17(27)10-5-11-26-20(28)13-6-1-2-7-14(13)21(26)29/h1-4,6-9H,5,10-12H2,(H,23,27). The molecule has 0 saturated carbocycles. The number of carbonyl (C=O) groups is 3. The van der Waals surface area contributed by atoms with Gasteiger partial charge in [-0.2, -0.15) is 4.98 Å². The highest BCUT2D eigenvalue weighted by Gasteiger charge is 2.34. The molecule has 2 aromatic carbocycles. The minimum atomic E-state index is -0.325. The zero-order valence-electron chi connectivity index (χ0n) is 15.8. The van der Waals surface area contributed by atoms with E-state index in [0.29, 0.717) is 34.0 Å². The zero-order chi connectivity index (χ0) is 21.1. The van der Waals surface area contributed by atoms with Gasteiger partial charge in [0.1, 0.15) is 0 Å². The first-order valence-corrected chi connectivity index (χ1v) is 9.72. The van der Waals surface area contributed by atoms with Crippen molar-refractivity contribution in [2.24, 2.45) is 0 Å². The number of nitrogens with zero attached hydrogens (tertiary/aromatic N) is 3. The monoisotopic (exact) mass is 424 g/mol. The van der Waals surface area contributed by atoms with E-state index >= 15 is 0 Å². The zero-order valence-corrected chi connectivity index (χ0v) is 16.6. The topological polar surface area (TPSA) is 105 Å². The van der Waals surface area contributed by atoms with Crippen LogP contribution in [0.2, 0.25) is 5.02 Å². The van der Waals surface area contributed by atoms with Gasteiger partial charge >= 0.3 is 0 Å². The molecule has 2 heterocycles. The number of aromatic nitrogens is 2. The summed E-state index contributed by atoms with van der Waals surface area (Å²) in [4.78, 5) is 42.1. The molecule has 0 saturated heterocycles. The summed E-state index contributed by atoms with van der Waals surface area (Å²) >= 11 is 6.11. The largest absolute Gasteiger partial charge is 0.347 e. The van der Waals surface area contributed by atoms with Crippen LogP contribution in [0.1, 0.15) is 39.4 Å². The molecule has 1 aromatic heterocycles. The van der Waals surface area contributed by atoms with Gasteiger partial charge in [-0.15, -0.1) is 0 Å². The maximum absolute atomic E-state index is 12.3. The first-order valence-electron chi connectivity index (χ1n) is 9.34. The van der Waals surface area contributed by atoms with Crippen molar-refractivity contribution >= 4 is 29.3 Å². The fraction of sp³-hybridized carbons (Fsp3) is 0.190. The molecule has 1 aliphatic heterocycles. The Bertz CT molecular complexity index is 1090. The summed E-state index contributed by atoms with van der Waals surface area (Å²) < 4.78 is 5.14. The van der Waals surface area contributed by atoms with E-state index in [9.17, 15) is 14.4 Å². The van der Waals surface area contributed by atoms with Gasteiger partial charge in [-0.1, -0.05) is 41.0 Å². The van der Waals surface area contributed by atoms with Crippen molar-refractivity contribution in [3.63, 3.8) is 0 Å². The second kappa shape index (κ2) is 8.46. The minimum absolute atomic E-state index is 0.0727. The summed E-state index contributed by atoms with van der Waals surface area (Å²) in [6.45, 7) is 0.250. The van der Waals surface area contributed by atoms with Gasteiger partial charge in [0.25, 0.3) is 11.8 Å². The number of hydrogen-bond donors (Lipinski definition) is 1. The lowest BCUT2D eigenvalue weighted by atomic mass is 10.1. The maximum atomic E-state index is 12.3. The van der Waals surface area contributed by atoms with Gasteiger partial charge in [-0.25, -0.2) is 0 Å². The van der Waals surface area contributed by atoms with Crippen LogP contribution in [0.4, 0.5) is 0 Å². The SMILES string of the molecule is O=C(CCCN1C(=O)c2ccccc2C1=O)NCc1nc(-c2ccccc2Cl)no1. The van der Waals surface area contributed by atoms with Crippen LogP contribution in [-0.4, -0.2) is 39.3 Å². The number of rotatable bonds is 7. The number of amides is 3. The molecule has 3 aromatic rings. The highest BCUT2D eigenvalue weighted by molar-refractivity contribution is 6.33. The first kappa shape index (κ1) is 19.8. The van der Waals surface area contributed by atoms with Crippen LogP contribution in [0.5, 0.6) is 0 Å². The average molecular weight is 425 g/mol. The van der Waals surface area contributed by atoms with Gasteiger partial charge in [0.15, 0.2) is 0 Å². The van der Waals surface area contributed by atoms with Crippen molar-refractivity contribution in [2.45, 2.75) is 19.4 Å². The van der Waals surface area contributed by atoms with Gasteiger partial charge in [0.2, 0.25) is 17.6 Å². The molecule has 30 heavy (non-hydrogen) atoms. The van der Waals surface area contributed by atoms with E-state index in [1.165, 1.54) is 4.90 Å². The summed E-state index contributed by atoms with van der Waals surface area (Å²) in [5.74, 6) is -0.305. The predicted molar refractivity (Wildman–Crippen MR) is 108 cm³/mol. The van der Waals surface area contributed by atoms with Crippen molar-refractivity contribution in [3.05, 3.63) is 70.6 Å². The number of imide groups is 1. The summed E-state index contributed by atoms with van der Waals surface area (Å²) in [6, 6.07) is 13.8. The van der Waals surface area contributed by atoms with Crippen LogP contribution >= 0.6 is 11.6 Å². The van der Waals surface area contributed by atoms with Crippen LogP contribution in [0.15, 0.2) is 53.1 Å². The molecular formula is C21H17ClN4O4. The number of carbonyl (C=O) groups excluding carboxylic acids is 3. The van der Waals surface area contributed by atoms with Crippen molar-refractivity contribution < 1.29 is 18.9 Å². The number of nitrogens with one attached hydrogen (secondary N) is 1. The van der Waals surface area contributed by atoms with Gasteiger partial charge in [0.05, 0.1) is 22.7 Å². The van der Waals surface area contributed by atoms with Gasteiger partial charge < -0.3 is 9.84 Å². The van der Waals surface area contributed by atoms with E-state index in [1.807, 2.05) is 6.07 Å². The molecule has 0 aliphatic carbocycles. The van der Waals surface area contributed by atoms with Crippen LogP contribution < -0.4 is 5.32 Å². The number of hydrogen-bond acceptors (Lipinski definition) is 6. The Morgan fingerprint density at radius 1 is 1.00 bits per heavy atom. The van der Waals surface area contributed by atoms with Crippen LogP contribution in [-0.2, 0) is 11.3 Å². The molecule has 0 fully saturated rings. The molecule has 0 bridgehead atoms. The second-order valence-electron chi connectivity index (χ2n) is 6.68. The lowest BCUT2D eigenvalue weighted by molar-refractivity contribution is -0.121. The molecular weight excluding hydrogens is 408 g/mol. The van der Waals surface area contributed by atoms with Crippen molar-refractivity contribution in [2.75, 3.05) is 6.54 Å². The van der Waals surface area contributed by atoms with Crippen molar-refractivity contribution in [1.29, 1.82) is 0 Å². The first-order chi connectivity index (χ1) is 14.5. The van der Waals surface area contributed by atoms with Crippen LogP contribution in [0.3, 0.4) is 0 Å². The van der Waals surface area contributed by atoms with Gasteiger partial charge in [0, 0.05) is 18.5 Å². The predicted octanol–water partition coefficient (Wildman–Crippen LogP) is 3.08. The third kappa shape index (κ3) is 3.95. The molecule has 8 nitrogen and oxygen atoms in total. The number of halogens is 1. The van der Waals surface area contributed by atoms with E-state index in [-0.39, 0.29) is 43.1 Å². The van der Waals surface area contributed by atoms with Crippen molar-refractivity contribution in [1.82, 2.24) is 20.4 Å². The Morgan fingerprint density at radius 2 is 1.63 bits per heavy atom. The van der Waals surface area contributed by atoms with E-state index < -0.39 is 0 Å². The Labute approximate surface area is 176 Å². The van der Waals surface area contributed by atoms with Crippen molar-refractivity contribution in [3.8, 4) is 11.4 Å². The van der Waals surface area contributed by atoms with Gasteiger partial charge in [-0.3, -0.25) is 19.3 Å². The van der Waals surface area contributed by atoms with Gasteiger partial charge in [-0.05, 0) is 30.7 Å². The third-order valence-corrected chi connectivity index (χ3v) is 5.01. The molecule has 9 heteroatoms. The Morgan fingerprint density at radius 3 is 2.30 bits per heavy atom. The second-order valence-corrected chi connectivity index (χ2v) is 7.09. The highest BCUT2D eigenvalue weighted by atomic mass is 35.5. The van der Waals surface area contributed by atoms with Crippen LogP contribution in [0, 0.1) is 0 Å². The average Bonchev–Trinajstić information content (AvgIpc) is 3.32. The lowest BCUT2D eigenvalue weighted by Crippen LogP contribution is -2.32. The fourth-order valence-electron chi connectivity index (χ4n) is 3.18. The summed E-state index contributed by atoms with van der Waals surface area (Å²) in [5.41, 5.74) is 1.44. The quantitative estimate of drug-likeness (QED) is 0.584. The molecule has 1 N–H and O–H groups in total. The number of benzene rings is 2. The Hall–Kier alpha value is -3.52. The molecule has 152 valence electrons. The summed E-state index contributed by atoms with van der Waals surface area (Å²) in [5, 5.41) is 7.06. The van der Waals surface area contributed by atoms with E-state index in [2.05, 4.69) is 15.5 Å². The fourth-order valence-corrected chi connectivity index (χ4v) is 3.40. The number of fused-ring (bicyclic) bond motifs is 1. The van der Waals surface area contributed by atoms with E-state index in [1.54, 1.807) is 42.5 Å².